The zero-order valence-corrected chi connectivity index (χ0v) is 7.36. The Hall–Kier alpha value is 0.0469. The van der Waals surface area contributed by atoms with Crippen molar-refractivity contribution in [2.24, 2.45) is 0 Å². The Labute approximate surface area is 50.1 Å². The number of allylic oxidation sites excluding steroid dienone is 2. The van der Waals surface area contributed by atoms with E-state index in [1.807, 2.05) is 0 Å². The van der Waals surface area contributed by atoms with Gasteiger partial charge in [0.05, 0.1) is 0 Å². The summed E-state index contributed by atoms with van der Waals surface area (Å²) in [6.07, 6.45) is 4.31. The van der Waals surface area contributed by atoms with Crippen LogP contribution in [0.4, 0.5) is 0 Å². The number of rotatable bonds is 1. The van der Waals surface area contributed by atoms with Crippen molar-refractivity contribution in [3.8, 4) is 0 Å². The van der Waals surface area contributed by atoms with Crippen LogP contribution in [0.25, 0.3) is 0 Å². The first-order valence-corrected chi connectivity index (χ1v) is 5.62. The molecule has 1 heterocycles. The third-order valence-corrected chi connectivity index (χ3v) is 5.06. The van der Waals surface area contributed by atoms with Crippen LogP contribution in [0.5, 0.6) is 0 Å². The van der Waals surface area contributed by atoms with E-state index in [0.717, 1.165) is 0 Å². The average molecular weight is 130 g/mol. The maximum Gasteiger partial charge on any atom is 0.0138 e. The Morgan fingerprint density at radius 1 is 1.29 bits per heavy atom. The van der Waals surface area contributed by atoms with E-state index < -0.39 is 0 Å². The molecule has 1 aliphatic rings. The summed E-state index contributed by atoms with van der Waals surface area (Å²) in [5, 5.41) is 6.09. The summed E-state index contributed by atoms with van der Waals surface area (Å²) in [6, 6.07) is 0. The molecule has 1 rings (SSSR count). The molecule has 0 spiro atoms. The molecule has 0 atom stereocenters. The van der Waals surface area contributed by atoms with Crippen molar-refractivity contribution in [2.45, 2.75) is 0 Å². The summed E-state index contributed by atoms with van der Waals surface area (Å²) in [5.74, 6) is 0. The highest BCUT2D eigenvalue weighted by molar-refractivity contribution is 8.23. The van der Waals surface area contributed by atoms with Crippen molar-refractivity contribution < 1.29 is 0 Å². The number of hydrogen-bond donors (Lipinski definition) is 1. The maximum absolute atomic E-state index is 2.32. The van der Waals surface area contributed by atoms with Crippen LogP contribution in [0.1, 0.15) is 0 Å². The Morgan fingerprint density at radius 2 is 1.86 bits per heavy atom. The molecule has 0 saturated heterocycles. The van der Waals surface area contributed by atoms with Gasteiger partial charge in [-0.2, -0.15) is 0 Å². The number of thiol groups is 1. The molecule has 0 aliphatic carbocycles. The molecule has 0 radical (unpaired) electrons. The highest BCUT2D eigenvalue weighted by atomic mass is 32.2. The van der Waals surface area contributed by atoms with Gasteiger partial charge in [0.15, 0.2) is 0 Å². The van der Waals surface area contributed by atoms with Crippen molar-refractivity contribution in [3.63, 3.8) is 0 Å². The topological polar surface area (TPSA) is 0 Å². The molecule has 0 amide bonds. The fourth-order valence-corrected chi connectivity index (χ4v) is 3.01. The van der Waals surface area contributed by atoms with Crippen LogP contribution >= 0.6 is 10.9 Å². The first-order valence-electron chi connectivity index (χ1n) is 2.54. The third kappa shape index (κ3) is 1.21. The van der Waals surface area contributed by atoms with Crippen LogP contribution in [0, 0.1) is 0 Å². The molecule has 7 heavy (non-hydrogen) atoms. The van der Waals surface area contributed by atoms with Crippen molar-refractivity contribution in [2.75, 3.05) is 5.38 Å². The highest BCUT2D eigenvalue weighted by Crippen LogP contribution is 2.30. The summed E-state index contributed by atoms with van der Waals surface area (Å²) in [5.41, 5.74) is 0. The van der Waals surface area contributed by atoms with Crippen LogP contribution in [0.3, 0.4) is 0 Å². The lowest BCUT2D eigenvalue weighted by Crippen LogP contribution is -1.74. The summed E-state index contributed by atoms with van der Waals surface area (Å²) in [7, 11) is 1.62. The molecule has 0 bridgehead atoms. The summed E-state index contributed by atoms with van der Waals surface area (Å²) < 4.78 is 0. The van der Waals surface area contributed by atoms with Crippen LogP contribution < -0.4 is 0 Å². The van der Waals surface area contributed by atoms with E-state index in [4.69, 9.17) is 0 Å². The molecule has 0 nitrogen and oxygen atoms in total. The molecule has 0 aromatic heterocycles. The normalized spacial score (nSPS) is 22.0. The van der Waals surface area contributed by atoms with E-state index in [-0.39, 0.29) is 10.9 Å². The van der Waals surface area contributed by atoms with Crippen LogP contribution in [-0.4, -0.2) is 15.6 Å². The third-order valence-electron chi connectivity index (χ3n) is 1.03. The van der Waals surface area contributed by atoms with Gasteiger partial charge >= 0.3 is 0 Å². The lowest BCUT2D eigenvalue weighted by atomic mass is 10.6. The molecular weight excluding hydrogens is 120 g/mol. The minimum Gasteiger partial charge on any atom is -0.217 e. The molecule has 0 saturated carbocycles. The van der Waals surface area contributed by atoms with Crippen LogP contribution in [0.2, 0.25) is 0 Å². The Bertz CT molecular complexity index is 94.6. The van der Waals surface area contributed by atoms with E-state index in [9.17, 15) is 0 Å². The average Bonchev–Trinajstić information content (AvgIpc) is 2.14. The molecule has 0 fully saturated rings. The van der Waals surface area contributed by atoms with Gasteiger partial charge in [0, 0.05) is 10.2 Å². The fourth-order valence-electron chi connectivity index (χ4n) is 0.581. The first-order chi connectivity index (χ1) is 3.43. The second-order valence-electron chi connectivity index (χ2n) is 1.51. The van der Waals surface area contributed by atoms with Crippen molar-refractivity contribution in [1.82, 2.24) is 0 Å². The SMILES string of the molecule is [SiH3]C[SH]1C=CC=C1. The molecular formula is C5H10SSi. The standard InChI is InChI=1S/C5H10SSi/c7-5-6-3-1-2-4-6/h1-4,6H,5H2,7H3. The number of hydrogen-bond acceptors (Lipinski definition) is 0. The molecule has 2 heteroatoms. The minimum absolute atomic E-state index is 0.258. The van der Waals surface area contributed by atoms with Crippen molar-refractivity contribution in [3.05, 3.63) is 23.0 Å². The van der Waals surface area contributed by atoms with Crippen molar-refractivity contribution in [1.29, 1.82) is 0 Å². The van der Waals surface area contributed by atoms with Gasteiger partial charge < -0.3 is 0 Å². The van der Waals surface area contributed by atoms with Gasteiger partial charge in [-0.15, -0.1) is 0 Å². The van der Waals surface area contributed by atoms with Crippen molar-refractivity contribution >= 4 is 21.1 Å². The van der Waals surface area contributed by atoms with Gasteiger partial charge in [0.2, 0.25) is 0 Å². The predicted molar refractivity (Wildman–Crippen MR) is 42.1 cm³/mol. The maximum atomic E-state index is 2.32. The van der Waals surface area contributed by atoms with E-state index >= 15 is 0 Å². The zero-order valence-electron chi connectivity index (χ0n) is 4.46. The first kappa shape index (κ1) is 5.19. The zero-order chi connectivity index (χ0) is 5.11. The molecule has 40 valence electrons. The van der Waals surface area contributed by atoms with Gasteiger partial charge in [0.25, 0.3) is 0 Å². The largest absolute Gasteiger partial charge is 0.217 e. The monoisotopic (exact) mass is 130 g/mol. The second-order valence-corrected chi connectivity index (χ2v) is 5.67. The van der Waals surface area contributed by atoms with E-state index in [2.05, 4.69) is 23.0 Å². The van der Waals surface area contributed by atoms with Crippen LogP contribution in [-0.2, 0) is 0 Å². The smallest absolute Gasteiger partial charge is 0.0138 e. The fraction of sp³-hybridized carbons (Fsp3) is 0.200. The molecule has 1 aliphatic heterocycles. The van der Waals surface area contributed by atoms with E-state index in [0.29, 0.717) is 0 Å². The van der Waals surface area contributed by atoms with Gasteiger partial charge in [-0.25, -0.2) is 10.9 Å². The Balaban J connectivity index is 2.44. The molecule has 0 aromatic carbocycles. The Kier molecular flexibility index (Phi) is 1.76. The minimum atomic E-state index is 0.258. The van der Waals surface area contributed by atoms with Crippen LogP contribution in [0.15, 0.2) is 23.0 Å². The van der Waals surface area contributed by atoms with Gasteiger partial charge in [-0.3, -0.25) is 0 Å². The summed E-state index contributed by atoms with van der Waals surface area (Å²) in [6.45, 7) is 0. The molecule has 0 N–H and O–H groups in total. The van der Waals surface area contributed by atoms with Gasteiger partial charge in [-0.05, 0) is 16.2 Å². The molecule has 0 unspecified atom stereocenters. The summed E-state index contributed by atoms with van der Waals surface area (Å²) >= 11 is 0. The lowest BCUT2D eigenvalue weighted by Gasteiger charge is -2.01. The van der Waals surface area contributed by atoms with E-state index in [1.165, 1.54) is 15.6 Å². The predicted octanol–water partition coefficient (Wildman–Crippen LogP) is 0.351. The Morgan fingerprint density at radius 3 is 2.14 bits per heavy atom. The van der Waals surface area contributed by atoms with Gasteiger partial charge in [-0.1, -0.05) is 12.2 Å². The van der Waals surface area contributed by atoms with Gasteiger partial charge in [0.1, 0.15) is 0 Å². The quantitative estimate of drug-likeness (QED) is 0.384. The second kappa shape index (κ2) is 2.38. The molecule has 0 aromatic rings. The highest BCUT2D eigenvalue weighted by Gasteiger charge is 1.90. The summed E-state index contributed by atoms with van der Waals surface area (Å²) in [4.78, 5) is 0. The van der Waals surface area contributed by atoms with E-state index in [1.54, 1.807) is 0 Å². The lowest BCUT2D eigenvalue weighted by molar-refractivity contribution is 2.15.